The molecule has 158 valence electrons. The average Bonchev–Trinajstić information content (AvgIpc) is 3.35. The van der Waals surface area contributed by atoms with Crippen molar-refractivity contribution in [2.45, 2.75) is 0 Å². The summed E-state index contributed by atoms with van der Waals surface area (Å²) in [6, 6.07) is 6.59. The first-order valence-corrected chi connectivity index (χ1v) is 8.89. The molecule has 0 amide bonds. The molecule has 0 saturated heterocycles. The fraction of sp³-hybridized carbons (Fsp3) is 0. The molecule has 1 aromatic carbocycles. The predicted molar refractivity (Wildman–Crippen MR) is 113 cm³/mol. The lowest BCUT2D eigenvalue weighted by atomic mass is 10.3. The Morgan fingerprint density at radius 3 is 1.41 bits per heavy atom. The van der Waals surface area contributed by atoms with E-state index in [1.54, 1.807) is 24.3 Å². The molecule has 5 aromatic rings. The van der Waals surface area contributed by atoms with Gasteiger partial charge in [0.2, 0.25) is 23.8 Å². The lowest BCUT2D eigenvalue weighted by Crippen LogP contribution is -2.10. The molecule has 0 radical (unpaired) electrons. The third kappa shape index (κ3) is 3.54. The van der Waals surface area contributed by atoms with E-state index in [9.17, 15) is 9.59 Å². The highest BCUT2D eigenvalue weighted by Crippen LogP contribution is 2.22. The zero-order valence-corrected chi connectivity index (χ0v) is 15.9. The molecule has 0 bridgehead atoms. The molecule has 8 N–H and O–H groups in total. The Morgan fingerprint density at radius 1 is 0.594 bits per heavy atom. The van der Waals surface area contributed by atoms with Gasteiger partial charge in [0.1, 0.15) is 0 Å². The van der Waals surface area contributed by atoms with Crippen molar-refractivity contribution in [1.29, 1.82) is 0 Å². The van der Waals surface area contributed by atoms with Gasteiger partial charge in [0.05, 0.1) is 11.4 Å². The van der Waals surface area contributed by atoms with Crippen LogP contribution in [0.25, 0.3) is 22.3 Å². The van der Waals surface area contributed by atoms with Gasteiger partial charge in [0.15, 0.2) is 22.3 Å². The van der Waals surface area contributed by atoms with Crippen LogP contribution in [0, 0.1) is 0 Å². The maximum atomic E-state index is 11.8. The van der Waals surface area contributed by atoms with Gasteiger partial charge in [-0.15, -0.1) is 20.5 Å². The van der Waals surface area contributed by atoms with Gasteiger partial charge in [-0.1, -0.05) is 0 Å². The maximum absolute atomic E-state index is 11.8. The highest BCUT2D eigenvalue weighted by Gasteiger charge is 2.09. The lowest BCUT2D eigenvalue weighted by Gasteiger charge is -1.93. The van der Waals surface area contributed by atoms with Crippen molar-refractivity contribution in [3.05, 3.63) is 45.0 Å². The van der Waals surface area contributed by atoms with Gasteiger partial charge in [-0.25, -0.2) is 0 Å². The minimum atomic E-state index is -0.454. The molecule has 5 rings (SSSR count). The largest absolute Gasteiger partial charge is 0.369 e. The zero-order chi connectivity index (χ0) is 22.2. The van der Waals surface area contributed by atoms with Gasteiger partial charge in [-0.05, 0) is 24.3 Å². The van der Waals surface area contributed by atoms with Crippen molar-refractivity contribution < 1.29 is 0 Å². The number of hydrogen-bond acceptors (Lipinski definition) is 12. The van der Waals surface area contributed by atoms with Crippen LogP contribution in [-0.4, -0.2) is 39.9 Å². The number of nitrogens with one attached hydrogen (secondary N) is 4. The summed E-state index contributed by atoms with van der Waals surface area (Å²) in [6.07, 6.45) is 0. The Bertz CT molecular complexity index is 1510. The summed E-state index contributed by atoms with van der Waals surface area (Å²) in [5.74, 6) is 0.108. The van der Waals surface area contributed by atoms with Gasteiger partial charge in [0, 0.05) is 0 Å². The van der Waals surface area contributed by atoms with Crippen LogP contribution in [0.4, 0.5) is 35.2 Å². The number of rotatable bonds is 4. The van der Waals surface area contributed by atoms with Gasteiger partial charge < -0.3 is 21.4 Å². The molecular formula is C16H12N14O2. The summed E-state index contributed by atoms with van der Waals surface area (Å²) in [7, 11) is 0. The number of benzene rings is 1. The number of imidazole rings is 2. The molecule has 0 aliphatic carbocycles. The van der Waals surface area contributed by atoms with Crippen LogP contribution < -0.4 is 22.6 Å². The Labute approximate surface area is 175 Å². The van der Waals surface area contributed by atoms with Crippen molar-refractivity contribution in [3.63, 3.8) is 0 Å². The Hall–Kier alpha value is -5.28. The first-order valence-electron chi connectivity index (χ1n) is 8.89. The van der Waals surface area contributed by atoms with E-state index in [0.29, 0.717) is 11.4 Å². The number of nitrogens with zero attached hydrogens (tertiary/aromatic N) is 8. The van der Waals surface area contributed by atoms with E-state index < -0.39 is 11.1 Å². The highest BCUT2D eigenvalue weighted by atomic mass is 16.1. The topological polar surface area (TPSA) is 250 Å². The van der Waals surface area contributed by atoms with Crippen LogP contribution >= 0.6 is 0 Å². The quantitative estimate of drug-likeness (QED) is 0.227. The predicted octanol–water partition coefficient (Wildman–Crippen LogP) is 1.60. The smallest absolute Gasteiger partial charge is 0.278 e. The number of nitrogens with two attached hydrogens (primary N) is 2. The number of anilines is 2. The number of fused-ring (bicyclic) bond motifs is 2. The molecular weight excluding hydrogens is 420 g/mol. The highest BCUT2D eigenvalue weighted by molar-refractivity contribution is 5.73. The molecule has 4 aromatic heterocycles. The summed E-state index contributed by atoms with van der Waals surface area (Å²) < 4.78 is 0. The summed E-state index contributed by atoms with van der Waals surface area (Å²) >= 11 is 0. The van der Waals surface area contributed by atoms with Crippen LogP contribution in [0.2, 0.25) is 0 Å². The molecule has 0 saturated carbocycles. The molecule has 16 heteroatoms. The molecule has 0 fully saturated rings. The van der Waals surface area contributed by atoms with E-state index in [0.717, 1.165) is 0 Å². The van der Waals surface area contributed by atoms with Gasteiger partial charge in [-0.3, -0.25) is 19.6 Å². The van der Waals surface area contributed by atoms with E-state index >= 15 is 0 Å². The lowest BCUT2D eigenvalue weighted by molar-refractivity contribution is 1.12. The average molecular weight is 432 g/mol. The molecule has 0 atom stereocenters. The summed E-state index contributed by atoms with van der Waals surface area (Å²) in [5.41, 5.74) is 11.6. The fourth-order valence-electron chi connectivity index (χ4n) is 2.71. The first-order chi connectivity index (χ1) is 15.4. The Balaban J connectivity index is 1.33. The van der Waals surface area contributed by atoms with Crippen molar-refractivity contribution in [2.75, 3.05) is 11.5 Å². The van der Waals surface area contributed by atoms with Crippen LogP contribution in [0.3, 0.4) is 0 Å². The molecule has 0 aliphatic heterocycles. The minimum Gasteiger partial charge on any atom is -0.369 e. The van der Waals surface area contributed by atoms with Crippen molar-refractivity contribution in [1.82, 2.24) is 39.9 Å². The Kier molecular flexibility index (Phi) is 4.21. The molecule has 0 aliphatic rings. The third-order valence-corrected chi connectivity index (χ3v) is 4.10. The van der Waals surface area contributed by atoms with E-state index in [1.165, 1.54) is 0 Å². The van der Waals surface area contributed by atoms with Crippen molar-refractivity contribution in [3.8, 4) is 0 Å². The molecule has 4 heterocycles. The molecule has 0 unspecified atom stereocenters. The van der Waals surface area contributed by atoms with E-state index in [2.05, 4.69) is 60.3 Å². The van der Waals surface area contributed by atoms with Crippen LogP contribution in [0.1, 0.15) is 0 Å². The number of azo groups is 2. The Morgan fingerprint density at radius 2 is 1.00 bits per heavy atom. The maximum Gasteiger partial charge on any atom is 0.278 e. The summed E-state index contributed by atoms with van der Waals surface area (Å²) in [6.45, 7) is 0. The number of hydrogen-bond donors (Lipinski definition) is 6. The van der Waals surface area contributed by atoms with Crippen molar-refractivity contribution in [2.24, 2.45) is 20.5 Å². The second kappa shape index (κ2) is 7.20. The zero-order valence-electron chi connectivity index (χ0n) is 15.9. The van der Waals surface area contributed by atoms with Crippen LogP contribution in [-0.2, 0) is 0 Å². The van der Waals surface area contributed by atoms with E-state index in [1.807, 2.05) is 0 Å². The minimum absolute atomic E-state index is 0.0444. The van der Waals surface area contributed by atoms with Gasteiger partial charge in [-0.2, -0.15) is 19.9 Å². The van der Waals surface area contributed by atoms with Crippen molar-refractivity contribution >= 4 is 57.5 Å². The van der Waals surface area contributed by atoms with Crippen LogP contribution in [0.15, 0.2) is 54.3 Å². The monoisotopic (exact) mass is 432 g/mol. The molecule has 16 nitrogen and oxygen atoms in total. The normalized spacial score (nSPS) is 12.0. The summed E-state index contributed by atoms with van der Waals surface area (Å²) in [4.78, 5) is 49.7. The second-order valence-electron chi connectivity index (χ2n) is 6.34. The fourth-order valence-corrected chi connectivity index (χ4v) is 2.71. The molecule has 32 heavy (non-hydrogen) atoms. The van der Waals surface area contributed by atoms with Gasteiger partial charge >= 0.3 is 0 Å². The number of aromatic nitrogens is 8. The van der Waals surface area contributed by atoms with Gasteiger partial charge in [0.25, 0.3) is 11.1 Å². The molecule has 0 spiro atoms. The number of H-pyrrole nitrogens is 4. The van der Waals surface area contributed by atoms with Crippen LogP contribution in [0.5, 0.6) is 0 Å². The second-order valence-corrected chi connectivity index (χ2v) is 6.34. The van der Waals surface area contributed by atoms with E-state index in [-0.39, 0.29) is 46.1 Å². The van der Waals surface area contributed by atoms with E-state index in [4.69, 9.17) is 11.5 Å². The number of aromatic amines is 4. The number of nitrogen functional groups attached to an aromatic ring is 2. The SMILES string of the molecule is Nc1nc2nc(N=Nc3ccc(N=Nc4nc5nc(N)[nH]c(=O)c5[nH]4)cc3)[nH]c2c(=O)[nH]1. The first kappa shape index (κ1) is 18.7. The standard InChI is InChI=1S/C16H12N14O2/c17-13-21-9-7(11(31)25-13)19-15(23-9)29-27-5-1-2-6(4-3-5)28-30-16-20-8-10(24-16)22-14(18)26-12(8)32/h1-4H,(H4,17,19,21,23,25,31)(H4,18,20,22,24,26,32). The summed E-state index contributed by atoms with van der Waals surface area (Å²) in [5, 5.41) is 16.0. The third-order valence-electron chi connectivity index (χ3n) is 4.10.